The molecule has 102 valence electrons. The van der Waals surface area contributed by atoms with Crippen LogP contribution in [0.25, 0.3) is 0 Å². The van der Waals surface area contributed by atoms with Crippen LogP contribution in [0.2, 0.25) is 0 Å². The zero-order chi connectivity index (χ0) is 12.8. The third kappa shape index (κ3) is 1.57. The monoisotopic (exact) mass is 262 g/mol. The fraction of sp³-hybridized carbons (Fsp3) is 0.500. The fourth-order valence-electron chi connectivity index (χ4n) is 2.73. The van der Waals surface area contributed by atoms with Gasteiger partial charge in [0.1, 0.15) is 23.2 Å². The van der Waals surface area contributed by atoms with Crippen LogP contribution in [-0.4, -0.2) is 34.2 Å². The molecule has 0 aromatic carbocycles. The highest BCUT2D eigenvalue weighted by Gasteiger charge is 2.16. The first-order valence-corrected chi connectivity index (χ1v) is 6.72. The van der Waals surface area contributed by atoms with E-state index in [9.17, 15) is 0 Å². The van der Waals surface area contributed by atoms with Gasteiger partial charge in [0.2, 0.25) is 5.55 Å². The average molecular weight is 262 g/mol. The Morgan fingerprint density at radius 2 is 1.79 bits per heavy atom. The Kier molecular flexibility index (Phi) is 2.20. The van der Waals surface area contributed by atoms with Gasteiger partial charge in [-0.15, -0.1) is 0 Å². The number of nitrogens with one attached hydrogen (secondary N) is 5. The van der Waals surface area contributed by atoms with Gasteiger partial charge in [-0.3, -0.25) is 4.57 Å². The molecule has 0 unspecified atom stereocenters. The molecule has 0 fully saturated rings. The van der Waals surface area contributed by atoms with E-state index < -0.39 is 0 Å². The highest BCUT2D eigenvalue weighted by atomic mass is 16.3. The summed E-state index contributed by atoms with van der Waals surface area (Å²) in [5, 5.41) is 10.1. The molecule has 0 aromatic rings. The van der Waals surface area contributed by atoms with Crippen molar-refractivity contribution < 1.29 is 4.42 Å². The largest absolute Gasteiger partial charge is 0.438 e. The number of anilines is 3. The molecule has 7 heteroatoms. The molecular weight excluding hydrogens is 244 g/mol. The van der Waals surface area contributed by atoms with Crippen LogP contribution in [0.5, 0.6) is 0 Å². The zero-order valence-corrected chi connectivity index (χ0v) is 10.9. The van der Waals surface area contributed by atoms with E-state index in [-0.39, 0.29) is 0 Å². The van der Waals surface area contributed by atoms with Crippen molar-refractivity contribution in [1.82, 2.24) is 14.5 Å². The third-order valence-corrected chi connectivity index (χ3v) is 3.69. The van der Waals surface area contributed by atoms with Crippen LogP contribution in [0.15, 0.2) is 4.42 Å². The standard InChI is InChI=1S/C12H18N6O/c1-18-11-9(14-5-6-15-11)17-10-12(18)19-7-3-2-4-13-8(7)16-10/h13-17H,2-6H2,1H3. The van der Waals surface area contributed by atoms with Crippen LogP contribution < -0.4 is 16.0 Å². The van der Waals surface area contributed by atoms with E-state index in [0.717, 1.165) is 66.7 Å². The molecular formula is C12H18N6O. The SMILES string of the molecule is Cn1c2c([nH]c3[nH]c4c(oc1=3)CCCN4)NCCN2. The normalized spacial score (nSPS) is 16.9. The Bertz CT molecular complexity index is 709. The third-order valence-electron chi connectivity index (χ3n) is 3.69. The van der Waals surface area contributed by atoms with E-state index in [0.29, 0.717) is 0 Å². The molecule has 0 radical (unpaired) electrons. The molecule has 19 heavy (non-hydrogen) atoms. The summed E-state index contributed by atoms with van der Waals surface area (Å²) in [6.07, 6.45) is 2.07. The second-order valence-electron chi connectivity index (χ2n) is 5.00. The van der Waals surface area contributed by atoms with Gasteiger partial charge in [-0.1, -0.05) is 0 Å². The summed E-state index contributed by atoms with van der Waals surface area (Å²) in [5.41, 5.74) is 1.70. The summed E-state index contributed by atoms with van der Waals surface area (Å²) in [4.78, 5) is 6.74. The second kappa shape index (κ2) is 3.91. The number of aryl methyl sites for hydroxylation is 1. The number of H-pyrrole nitrogens is 2. The van der Waals surface area contributed by atoms with E-state index in [2.05, 4.69) is 25.9 Å². The van der Waals surface area contributed by atoms with E-state index in [1.165, 1.54) is 0 Å². The summed E-state index contributed by atoms with van der Waals surface area (Å²) >= 11 is 0. The molecule has 4 aliphatic heterocycles. The Labute approximate surface area is 109 Å². The topological polar surface area (TPSA) is 85.7 Å². The number of aromatic amines is 2. The molecule has 4 heterocycles. The number of rotatable bonds is 0. The number of aromatic nitrogens is 3. The van der Waals surface area contributed by atoms with Crippen molar-refractivity contribution >= 4 is 17.5 Å². The Balaban J connectivity index is 2.04. The van der Waals surface area contributed by atoms with Gasteiger partial charge in [0.25, 0.3) is 0 Å². The number of hydrogen-bond donors (Lipinski definition) is 5. The summed E-state index contributed by atoms with van der Waals surface area (Å²) in [6, 6.07) is 0. The average Bonchev–Trinajstić information content (AvgIpc) is 2.46. The van der Waals surface area contributed by atoms with Crippen molar-refractivity contribution in [1.29, 1.82) is 0 Å². The molecule has 0 aromatic heterocycles. The summed E-state index contributed by atoms with van der Waals surface area (Å²) in [7, 11) is 2.01. The summed E-state index contributed by atoms with van der Waals surface area (Å²) < 4.78 is 8.09. The zero-order valence-electron chi connectivity index (χ0n) is 10.9. The lowest BCUT2D eigenvalue weighted by Crippen LogP contribution is -2.25. The van der Waals surface area contributed by atoms with Crippen LogP contribution in [0, 0.1) is 11.0 Å². The first kappa shape index (κ1) is 10.7. The lowest BCUT2D eigenvalue weighted by atomic mass is 10.2. The molecule has 0 saturated carbocycles. The van der Waals surface area contributed by atoms with Crippen molar-refractivity contribution in [3.05, 3.63) is 16.8 Å². The maximum Gasteiger partial charge on any atom is 0.242 e. The molecule has 4 rings (SSSR count). The van der Waals surface area contributed by atoms with Crippen molar-refractivity contribution in [3.63, 3.8) is 0 Å². The van der Waals surface area contributed by atoms with Crippen LogP contribution in [0.1, 0.15) is 12.2 Å². The lowest BCUT2D eigenvalue weighted by molar-refractivity contribution is 0.408. The lowest BCUT2D eigenvalue weighted by Gasteiger charge is -2.24. The van der Waals surface area contributed by atoms with Gasteiger partial charge >= 0.3 is 0 Å². The number of nitrogens with zero attached hydrogens (tertiary/aromatic N) is 1. The second-order valence-corrected chi connectivity index (χ2v) is 5.00. The highest BCUT2D eigenvalue weighted by molar-refractivity contribution is 5.61. The van der Waals surface area contributed by atoms with Crippen molar-refractivity contribution in [2.24, 2.45) is 7.05 Å². The molecule has 7 nitrogen and oxygen atoms in total. The van der Waals surface area contributed by atoms with Crippen molar-refractivity contribution in [2.45, 2.75) is 12.8 Å². The van der Waals surface area contributed by atoms with Gasteiger partial charge in [-0.2, -0.15) is 0 Å². The summed E-state index contributed by atoms with van der Waals surface area (Å²) in [6.45, 7) is 2.81. The Morgan fingerprint density at radius 3 is 2.74 bits per heavy atom. The molecule has 0 saturated heterocycles. The van der Waals surface area contributed by atoms with Gasteiger partial charge in [0.15, 0.2) is 5.48 Å². The van der Waals surface area contributed by atoms with E-state index >= 15 is 0 Å². The van der Waals surface area contributed by atoms with Crippen molar-refractivity contribution in [2.75, 3.05) is 35.6 Å². The predicted octanol–water partition coefficient (Wildman–Crippen LogP) is 1.32. The molecule has 0 atom stereocenters. The maximum atomic E-state index is 6.05. The van der Waals surface area contributed by atoms with E-state index in [4.69, 9.17) is 4.42 Å². The Morgan fingerprint density at radius 1 is 1.00 bits per heavy atom. The van der Waals surface area contributed by atoms with Gasteiger partial charge in [-0.05, 0) is 6.42 Å². The van der Waals surface area contributed by atoms with Crippen molar-refractivity contribution in [3.8, 4) is 0 Å². The van der Waals surface area contributed by atoms with E-state index in [1.54, 1.807) is 0 Å². The molecule has 0 aliphatic carbocycles. The molecule has 5 N–H and O–H groups in total. The minimum absolute atomic E-state index is 0.817. The van der Waals surface area contributed by atoms with Crippen LogP contribution in [-0.2, 0) is 13.5 Å². The maximum absolute atomic E-state index is 6.05. The van der Waals surface area contributed by atoms with Crippen LogP contribution >= 0.6 is 0 Å². The van der Waals surface area contributed by atoms with Crippen LogP contribution in [0.4, 0.5) is 17.5 Å². The molecule has 0 amide bonds. The molecule has 0 spiro atoms. The first-order chi connectivity index (χ1) is 9.33. The van der Waals surface area contributed by atoms with Gasteiger partial charge in [0.05, 0.1) is 0 Å². The predicted molar refractivity (Wildman–Crippen MR) is 73.1 cm³/mol. The van der Waals surface area contributed by atoms with Crippen LogP contribution in [0.3, 0.4) is 0 Å². The van der Waals surface area contributed by atoms with Gasteiger partial charge in [-0.25, -0.2) is 0 Å². The smallest absolute Gasteiger partial charge is 0.242 e. The van der Waals surface area contributed by atoms with Gasteiger partial charge < -0.3 is 30.3 Å². The quantitative estimate of drug-likeness (QED) is 0.495. The number of hydrogen-bond acceptors (Lipinski definition) is 4. The molecule has 4 aliphatic rings. The summed E-state index contributed by atoms with van der Waals surface area (Å²) in [5.74, 6) is 3.99. The van der Waals surface area contributed by atoms with Gasteiger partial charge in [0, 0.05) is 33.1 Å². The minimum atomic E-state index is 0.817. The minimum Gasteiger partial charge on any atom is -0.438 e. The molecule has 0 bridgehead atoms. The first-order valence-electron chi connectivity index (χ1n) is 6.72. The van der Waals surface area contributed by atoms with E-state index in [1.807, 2.05) is 11.6 Å². The fourth-order valence-corrected chi connectivity index (χ4v) is 2.73. The number of fused-ring (bicyclic) bond motifs is 2. The Hall–Kier alpha value is -2.18. The highest BCUT2D eigenvalue weighted by Crippen LogP contribution is 2.24.